The van der Waals surface area contributed by atoms with Crippen molar-refractivity contribution in [3.8, 4) is 0 Å². The number of allylic oxidation sites excluding steroid dienone is 1. The summed E-state index contributed by atoms with van der Waals surface area (Å²) >= 11 is 0. The van der Waals surface area contributed by atoms with Gasteiger partial charge >= 0.3 is 6.18 Å². The van der Waals surface area contributed by atoms with E-state index in [0.29, 0.717) is 22.6 Å². The van der Waals surface area contributed by atoms with Gasteiger partial charge in [0.2, 0.25) is 5.95 Å². The maximum Gasteiger partial charge on any atom is 0.453 e. The number of aryl methyl sites for hydroxylation is 3. The highest BCUT2D eigenvalue weighted by atomic mass is 19.4. The van der Waals surface area contributed by atoms with Crippen LogP contribution in [0.15, 0.2) is 41.7 Å². The maximum atomic E-state index is 13.3. The number of aromatic nitrogens is 5. The van der Waals surface area contributed by atoms with Gasteiger partial charge in [-0.2, -0.15) is 23.3 Å². The number of fused-ring (bicyclic) bond motifs is 1. The molecule has 2 N–H and O–H groups in total. The quantitative estimate of drug-likeness (QED) is 0.662. The van der Waals surface area contributed by atoms with E-state index in [9.17, 15) is 18.0 Å². The van der Waals surface area contributed by atoms with Crippen LogP contribution in [0.25, 0.3) is 0 Å². The maximum absolute atomic E-state index is 13.3. The number of carbonyl (C=O) groups is 1. The normalized spacial score (nSPS) is 16.2. The second-order valence-electron chi connectivity index (χ2n) is 7.38. The van der Waals surface area contributed by atoms with Crippen molar-refractivity contribution >= 4 is 17.5 Å². The summed E-state index contributed by atoms with van der Waals surface area (Å²) in [6.45, 7) is 5.20. The van der Waals surface area contributed by atoms with E-state index in [2.05, 4.69) is 25.8 Å². The van der Waals surface area contributed by atoms with E-state index < -0.39 is 23.9 Å². The second-order valence-corrected chi connectivity index (χ2v) is 7.38. The summed E-state index contributed by atoms with van der Waals surface area (Å²) in [5.74, 6) is -1.83. The number of halogens is 3. The van der Waals surface area contributed by atoms with Crippen LogP contribution < -0.4 is 10.6 Å². The van der Waals surface area contributed by atoms with E-state index in [-0.39, 0.29) is 11.5 Å². The van der Waals surface area contributed by atoms with Gasteiger partial charge in [0, 0.05) is 30.2 Å². The Balaban J connectivity index is 1.84. The summed E-state index contributed by atoms with van der Waals surface area (Å²) in [4.78, 5) is 16.9. The molecule has 1 aromatic carbocycles. The third kappa shape index (κ3) is 3.66. The number of nitrogens with one attached hydrogen (secondary N) is 2. The minimum absolute atomic E-state index is 0.0921. The van der Waals surface area contributed by atoms with Crippen LogP contribution in [-0.4, -0.2) is 30.5 Å². The van der Waals surface area contributed by atoms with Gasteiger partial charge in [-0.05, 0) is 32.4 Å². The van der Waals surface area contributed by atoms with Crippen LogP contribution >= 0.6 is 0 Å². The van der Waals surface area contributed by atoms with Crippen molar-refractivity contribution in [2.45, 2.75) is 33.0 Å². The summed E-state index contributed by atoms with van der Waals surface area (Å²) in [6, 6.07) is 6.31. The molecule has 0 unspecified atom stereocenters. The van der Waals surface area contributed by atoms with E-state index in [1.807, 2.05) is 19.1 Å². The Morgan fingerprint density at radius 3 is 2.48 bits per heavy atom. The van der Waals surface area contributed by atoms with Crippen LogP contribution in [0, 0.1) is 13.8 Å². The van der Waals surface area contributed by atoms with Gasteiger partial charge in [0.1, 0.15) is 6.04 Å². The van der Waals surface area contributed by atoms with Gasteiger partial charge in [0.05, 0.1) is 11.3 Å². The Morgan fingerprint density at radius 2 is 1.87 bits per heavy atom. The lowest BCUT2D eigenvalue weighted by molar-refractivity contribution is -0.145. The molecule has 0 radical (unpaired) electrons. The van der Waals surface area contributed by atoms with Gasteiger partial charge in [-0.3, -0.25) is 9.48 Å². The molecule has 0 saturated heterocycles. The van der Waals surface area contributed by atoms with Crippen molar-refractivity contribution in [3.05, 3.63) is 64.4 Å². The molecule has 1 amide bonds. The number of carbonyl (C=O) groups excluding carboxylic acids is 1. The molecule has 4 rings (SSSR count). The Kier molecular flexibility index (Phi) is 4.83. The van der Waals surface area contributed by atoms with Crippen molar-refractivity contribution in [2.75, 3.05) is 10.6 Å². The molecule has 0 aliphatic carbocycles. The largest absolute Gasteiger partial charge is 0.453 e. The topological polar surface area (TPSA) is 89.7 Å². The number of nitrogens with zero attached hydrogens (tertiary/aromatic N) is 5. The van der Waals surface area contributed by atoms with Crippen LogP contribution in [0.2, 0.25) is 0 Å². The number of hydrogen-bond acceptors (Lipinski definition) is 5. The van der Waals surface area contributed by atoms with Crippen LogP contribution in [0.3, 0.4) is 0 Å². The van der Waals surface area contributed by atoms with E-state index in [1.54, 1.807) is 43.9 Å². The highest BCUT2D eigenvalue weighted by Crippen LogP contribution is 2.38. The van der Waals surface area contributed by atoms with Crippen LogP contribution in [0.5, 0.6) is 0 Å². The van der Waals surface area contributed by atoms with Gasteiger partial charge in [-0.25, -0.2) is 4.68 Å². The summed E-state index contributed by atoms with van der Waals surface area (Å²) < 4.78 is 42.5. The molecule has 3 heterocycles. The molecule has 11 heteroatoms. The minimum atomic E-state index is -4.72. The summed E-state index contributed by atoms with van der Waals surface area (Å²) in [7, 11) is 1.70. The number of benzene rings is 1. The SMILES string of the molecule is CC1=C(C(=O)Nc2ccccc2C)[C@H](c2cn(C)nc2C)n2nc(C(F)(F)F)nc2N1. The van der Waals surface area contributed by atoms with Gasteiger partial charge in [-0.1, -0.05) is 18.2 Å². The summed E-state index contributed by atoms with van der Waals surface area (Å²) in [5, 5.41) is 13.6. The zero-order chi connectivity index (χ0) is 22.5. The fourth-order valence-corrected chi connectivity index (χ4v) is 3.64. The lowest BCUT2D eigenvalue weighted by Gasteiger charge is -2.28. The Hall–Kier alpha value is -3.63. The average molecular weight is 431 g/mol. The summed E-state index contributed by atoms with van der Waals surface area (Å²) in [6.07, 6.45) is -3.06. The molecular formula is C20H20F3N7O. The Labute approximate surface area is 175 Å². The first-order chi connectivity index (χ1) is 14.6. The van der Waals surface area contributed by atoms with Gasteiger partial charge < -0.3 is 10.6 Å². The van der Waals surface area contributed by atoms with E-state index in [4.69, 9.17) is 0 Å². The fourth-order valence-electron chi connectivity index (χ4n) is 3.64. The third-order valence-corrected chi connectivity index (χ3v) is 5.09. The lowest BCUT2D eigenvalue weighted by atomic mass is 9.95. The van der Waals surface area contributed by atoms with Crippen LogP contribution in [0.1, 0.15) is 35.6 Å². The zero-order valence-corrected chi connectivity index (χ0v) is 17.2. The zero-order valence-electron chi connectivity index (χ0n) is 17.2. The monoisotopic (exact) mass is 431 g/mol. The predicted octanol–water partition coefficient (Wildman–Crippen LogP) is 3.57. The smallest absolute Gasteiger partial charge is 0.328 e. The standard InChI is InChI=1S/C20H20F3N7O/c1-10-7-5-6-8-14(10)25-17(31)15-12(3)24-19-26-18(20(21,22)23)28-30(19)16(15)13-9-29(4)27-11(13)2/h5-9,16H,1-4H3,(H,25,31)(H,24,26,28)/t16-/m0/s1. The molecule has 0 fully saturated rings. The first-order valence-electron chi connectivity index (χ1n) is 9.45. The van der Waals surface area contributed by atoms with E-state index in [1.165, 1.54) is 0 Å². The molecule has 31 heavy (non-hydrogen) atoms. The highest BCUT2D eigenvalue weighted by molar-refractivity contribution is 6.06. The van der Waals surface area contributed by atoms with Gasteiger partial charge in [-0.15, -0.1) is 5.10 Å². The van der Waals surface area contributed by atoms with Crippen molar-refractivity contribution < 1.29 is 18.0 Å². The first kappa shape index (κ1) is 20.6. The first-order valence-corrected chi connectivity index (χ1v) is 9.45. The molecule has 162 valence electrons. The Bertz CT molecular complexity index is 1210. The van der Waals surface area contributed by atoms with Crippen molar-refractivity contribution in [2.24, 2.45) is 7.05 Å². The van der Waals surface area contributed by atoms with E-state index >= 15 is 0 Å². The van der Waals surface area contributed by atoms with Gasteiger partial charge in [0.15, 0.2) is 0 Å². The van der Waals surface area contributed by atoms with Crippen molar-refractivity contribution in [1.82, 2.24) is 24.5 Å². The summed E-state index contributed by atoms with van der Waals surface area (Å²) in [5.41, 5.74) is 3.19. The molecule has 0 saturated carbocycles. The molecule has 8 nitrogen and oxygen atoms in total. The molecule has 1 aliphatic heterocycles. The molecule has 3 aromatic rings. The molecule has 1 atom stereocenters. The number of para-hydroxylation sites is 1. The fraction of sp³-hybridized carbons (Fsp3) is 0.300. The lowest BCUT2D eigenvalue weighted by Crippen LogP contribution is -2.32. The average Bonchev–Trinajstić information content (AvgIpc) is 3.24. The minimum Gasteiger partial charge on any atom is -0.328 e. The van der Waals surface area contributed by atoms with Crippen LogP contribution in [0.4, 0.5) is 24.8 Å². The molecular weight excluding hydrogens is 411 g/mol. The van der Waals surface area contributed by atoms with E-state index in [0.717, 1.165) is 10.2 Å². The van der Waals surface area contributed by atoms with Crippen molar-refractivity contribution in [1.29, 1.82) is 0 Å². The molecule has 0 bridgehead atoms. The van der Waals surface area contributed by atoms with Crippen LogP contribution in [-0.2, 0) is 18.0 Å². The number of rotatable bonds is 3. The number of amides is 1. The Morgan fingerprint density at radius 1 is 1.16 bits per heavy atom. The second kappa shape index (κ2) is 7.25. The predicted molar refractivity (Wildman–Crippen MR) is 107 cm³/mol. The highest BCUT2D eigenvalue weighted by Gasteiger charge is 2.42. The molecule has 1 aliphatic rings. The number of alkyl halides is 3. The molecule has 0 spiro atoms. The third-order valence-electron chi connectivity index (χ3n) is 5.09. The van der Waals surface area contributed by atoms with Gasteiger partial charge in [0.25, 0.3) is 11.7 Å². The number of hydrogen-bond donors (Lipinski definition) is 2. The molecule has 2 aromatic heterocycles. The number of anilines is 2. The van der Waals surface area contributed by atoms with Crippen molar-refractivity contribution in [3.63, 3.8) is 0 Å².